The first-order valence-electron chi connectivity index (χ1n) is 10.2. The molecule has 0 radical (unpaired) electrons. The number of methoxy groups -OCH3 is 1. The molecule has 1 atom stereocenters. The van der Waals surface area contributed by atoms with Gasteiger partial charge in [0.15, 0.2) is 0 Å². The minimum atomic E-state index is -0.157. The van der Waals surface area contributed by atoms with Crippen molar-refractivity contribution in [1.29, 1.82) is 0 Å². The Morgan fingerprint density at radius 1 is 1.25 bits per heavy atom. The molecule has 2 aromatic carbocycles. The van der Waals surface area contributed by atoms with E-state index in [0.717, 1.165) is 43.7 Å². The van der Waals surface area contributed by atoms with Crippen LogP contribution in [-0.4, -0.2) is 26.1 Å². The smallest absolute Gasteiger partial charge is 0.275 e. The Labute approximate surface area is 166 Å². The standard InChI is InChI=1S/C23H28N2O3/c1-27-22-7-3-5-19-17(4-2-6-21(19)22)11-13-24-12-10-16-8-9-20-18(14-16)15-28-25-23(20)26/h3,5,7-9,14,17,24H,2,4,6,10-13,15H2,1H3,(H,25,26). The zero-order valence-corrected chi connectivity index (χ0v) is 16.4. The van der Waals surface area contributed by atoms with Crippen LogP contribution in [0.25, 0.3) is 0 Å². The van der Waals surface area contributed by atoms with Crippen LogP contribution in [0.4, 0.5) is 0 Å². The van der Waals surface area contributed by atoms with Crippen molar-refractivity contribution >= 4 is 5.91 Å². The molecule has 0 aromatic heterocycles. The van der Waals surface area contributed by atoms with Gasteiger partial charge < -0.3 is 10.1 Å². The molecular formula is C23H28N2O3. The number of hydrogen-bond donors (Lipinski definition) is 2. The number of carbonyl (C=O) groups excluding carboxylic acids is 1. The molecule has 0 fully saturated rings. The fraction of sp³-hybridized carbons (Fsp3) is 0.435. The van der Waals surface area contributed by atoms with Gasteiger partial charge in [-0.25, -0.2) is 5.48 Å². The van der Waals surface area contributed by atoms with Crippen molar-refractivity contribution in [2.75, 3.05) is 20.2 Å². The molecule has 148 valence electrons. The Balaban J connectivity index is 1.27. The SMILES string of the molecule is COc1cccc2c1CCCC2CCNCCc1ccc2c(c1)CONC2=O. The molecule has 5 nitrogen and oxygen atoms in total. The van der Waals surface area contributed by atoms with Gasteiger partial charge >= 0.3 is 0 Å². The summed E-state index contributed by atoms with van der Waals surface area (Å²) in [5, 5.41) is 3.59. The van der Waals surface area contributed by atoms with Crippen molar-refractivity contribution in [2.24, 2.45) is 0 Å². The number of nitrogens with one attached hydrogen (secondary N) is 2. The number of benzene rings is 2. The van der Waals surface area contributed by atoms with Gasteiger partial charge in [-0.15, -0.1) is 0 Å². The number of carbonyl (C=O) groups is 1. The quantitative estimate of drug-likeness (QED) is 0.722. The second-order valence-corrected chi connectivity index (χ2v) is 7.62. The fourth-order valence-corrected chi connectivity index (χ4v) is 4.42. The van der Waals surface area contributed by atoms with Crippen molar-refractivity contribution in [2.45, 2.75) is 44.6 Å². The third-order valence-electron chi connectivity index (χ3n) is 5.88. The van der Waals surface area contributed by atoms with Gasteiger partial charge in [0.1, 0.15) is 12.4 Å². The number of amides is 1. The van der Waals surface area contributed by atoms with E-state index in [1.165, 1.54) is 29.5 Å². The first-order valence-corrected chi connectivity index (χ1v) is 10.2. The highest BCUT2D eigenvalue weighted by atomic mass is 16.7. The molecule has 0 bridgehead atoms. The van der Waals surface area contributed by atoms with Gasteiger partial charge in [-0.1, -0.05) is 24.3 Å². The maximum atomic E-state index is 11.7. The van der Waals surface area contributed by atoms with Gasteiger partial charge in [-0.05, 0) is 85.5 Å². The van der Waals surface area contributed by atoms with Crippen molar-refractivity contribution in [3.05, 3.63) is 64.2 Å². The maximum Gasteiger partial charge on any atom is 0.275 e. The van der Waals surface area contributed by atoms with Crippen LogP contribution < -0.4 is 15.5 Å². The summed E-state index contributed by atoms with van der Waals surface area (Å²) in [5.41, 5.74) is 8.20. The number of ether oxygens (including phenoxy) is 1. The molecule has 1 heterocycles. The van der Waals surface area contributed by atoms with E-state index < -0.39 is 0 Å². The summed E-state index contributed by atoms with van der Waals surface area (Å²) >= 11 is 0. The third kappa shape index (κ3) is 4.05. The lowest BCUT2D eigenvalue weighted by molar-refractivity contribution is 0.0154. The molecule has 0 saturated heterocycles. The normalized spacial score (nSPS) is 18.2. The van der Waals surface area contributed by atoms with Crippen LogP contribution in [0.3, 0.4) is 0 Å². The largest absolute Gasteiger partial charge is 0.496 e. The highest BCUT2D eigenvalue weighted by Crippen LogP contribution is 2.38. The number of hydroxylamine groups is 1. The zero-order chi connectivity index (χ0) is 19.3. The molecule has 1 aliphatic heterocycles. The van der Waals surface area contributed by atoms with Gasteiger partial charge in [0, 0.05) is 5.56 Å². The van der Waals surface area contributed by atoms with E-state index in [1.807, 2.05) is 12.1 Å². The average molecular weight is 380 g/mol. The predicted molar refractivity (Wildman–Crippen MR) is 109 cm³/mol. The number of fused-ring (bicyclic) bond motifs is 2. The van der Waals surface area contributed by atoms with E-state index in [2.05, 4.69) is 35.1 Å². The molecule has 2 N–H and O–H groups in total. The van der Waals surface area contributed by atoms with Gasteiger partial charge in [0.25, 0.3) is 5.91 Å². The van der Waals surface area contributed by atoms with Crippen LogP contribution in [0.1, 0.15) is 57.8 Å². The number of hydrogen-bond acceptors (Lipinski definition) is 4. The Morgan fingerprint density at radius 2 is 2.18 bits per heavy atom. The topological polar surface area (TPSA) is 59.6 Å². The molecule has 0 saturated carbocycles. The monoisotopic (exact) mass is 380 g/mol. The average Bonchev–Trinajstić information content (AvgIpc) is 2.73. The molecule has 2 aliphatic rings. The van der Waals surface area contributed by atoms with Crippen molar-refractivity contribution in [3.8, 4) is 5.75 Å². The highest BCUT2D eigenvalue weighted by Gasteiger charge is 2.22. The summed E-state index contributed by atoms with van der Waals surface area (Å²) in [6.45, 7) is 2.38. The van der Waals surface area contributed by atoms with E-state index in [4.69, 9.17) is 9.57 Å². The number of rotatable bonds is 7. The summed E-state index contributed by atoms with van der Waals surface area (Å²) in [6.07, 6.45) is 5.73. The van der Waals surface area contributed by atoms with Crippen LogP contribution in [0, 0.1) is 0 Å². The summed E-state index contributed by atoms with van der Waals surface area (Å²) in [5.74, 6) is 1.50. The summed E-state index contributed by atoms with van der Waals surface area (Å²) in [6, 6.07) is 12.5. The zero-order valence-electron chi connectivity index (χ0n) is 16.4. The molecular weight excluding hydrogens is 352 g/mol. The third-order valence-corrected chi connectivity index (χ3v) is 5.88. The van der Waals surface area contributed by atoms with Gasteiger partial charge in [-0.3, -0.25) is 9.63 Å². The fourth-order valence-electron chi connectivity index (χ4n) is 4.42. The van der Waals surface area contributed by atoms with Crippen molar-refractivity contribution in [1.82, 2.24) is 10.8 Å². The van der Waals surface area contributed by atoms with Crippen LogP contribution >= 0.6 is 0 Å². The maximum absolute atomic E-state index is 11.7. The molecule has 5 heteroatoms. The van der Waals surface area contributed by atoms with Crippen LogP contribution in [0.15, 0.2) is 36.4 Å². The molecule has 1 unspecified atom stereocenters. The second kappa shape index (κ2) is 8.76. The van der Waals surface area contributed by atoms with E-state index >= 15 is 0 Å². The molecule has 1 amide bonds. The van der Waals surface area contributed by atoms with Gasteiger partial charge in [-0.2, -0.15) is 0 Å². The van der Waals surface area contributed by atoms with Crippen molar-refractivity contribution < 1.29 is 14.4 Å². The molecule has 28 heavy (non-hydrogen) atoms. The Bertz CT molecular complexity index is 850. The second-order valence-electron chi connectivity index (χ2n) is 7.62. The molecule has 4 rings (SSSR count). The van der Waals surface area contributed by atoms with Crippen molar-refractivity contribution in [3.63, 3.8) is 0 Å². The Morgan fingerprint density at radius 3 is 3.07 bits per heavy atom. The lowest BCUT2D eigenvalue weighted by Crippen LogP contribution is -2.29. The lowest BCUT2D eigenvalue weighted by atomic mass is 9.80. The minimum Gasteiger partial charge on any atom is -0.496 e. The summed E-state index contributed by atoms with van der Waals surface area (Å²) in [4.78, 5) is 16.8. The molecule has 1 aliphatic carbocycles. The van der Waals surface area contributed by atoms with Gasteiger partial charge in [0.05, 0.1) is 7.11 Å². The van der Waals surface area contributed by atoms with E-state index in [1.54, 1.807) is 7.11 Å². The lowest BCUT2D eigenvalue weighted by Gasteiger charge is -2.27. The van der Waals surface area contributed by atoms with E-state index in [9.17, 15) is 4.79 Å². The van der Waals surface area contributed by atoms with E-state index in [0.29, 0.717) is 18.1 Å². The van der Waals surface area contributed by atoms with Crippen LogP contribution in [0.5, 0.6) is 5.75 Å². The van der Waals surface area contributed by atoms with E-state index in [-0.39, 0.29) is 5.91 Å². The predicted octanol–water partition coefficient (Wildman–Crippen LogP) is 3.51. The first-order chi connectivity index (χ1) is 13.8. The first kappa shape index (κ1) is 19.0. The summed E-state index contributed by atoms with van der Waals surface area (Å²) in [7, 11) is 1.76. The minimum absolute atomic E-state index is 0.157. The Kier molecular flexibility index (Phi) is 5.93. The van der Waals surface area contributed by atoms with Crippen LogP contribution in [0.2, 0.25) is 0 Å². The molecule has 2 aromatic rings. The van der Waals surface area contributed by atoms with Gasteiger partial charge in [0.2, 0.25) is 0 Å². The highest BCUT2D eigenvalue weighted by molar-refractivity contribution is 5.95. The van der Waals surface area contributed by atoms with Crippen LogP contribution in [-0.2, 0) is 24.3 Å². The summed E-state index contributed by atoms with van der Waals surface area (Å²) < 4.78 is 5.55. The Hall–Kier alpha value is -2.37. The molecule has 0 spiro atoms.